The van der Waals surface area contributed by atoms with E-state index in [9.17, 15) is 9.59 Å². The van der Waals surface area contributed by atoms with Gasteiger partial charge in [-0.2, -0.15) is 0 Å². The molecule has 0 bridgehead atoms. The number of urea groups is 1. The zero-order valence-corrected chi connectivity index (χ0v) is 12.9. The molecule has 1 aromatic carbocycles. The van der Waals surface area contributed by atoms with Gasteiger partial charge in [-0.15, -0.1) is 0 Å². The van der Waals surface area contributed by atoms with Gasteiger partial charge >= 0.3 is 12.0 Å². The van der Waals surface area contributed by atoms with Crippen LogP contribution in [0.3, 0.4) is 0 Å². The first-order chi connectivity index (χ1) is 10.7. The summed E-state index contributed by atoms with van der Waals surface area (Å²) in [5.41, 5.74) is 0.979. The Labute approximate surface area is 130 Å². The molecule has 1 aliphatic heterocycles. The maximum absolute atomic E-state index is 11.8. The van der Waals surface area contributed by atoms with Crippen molar-refractivity contribution in [1.29, 1.82) is 0 Å². The fourth-order valence-electron chi connectivity index (χ4n) is 2.53. The minimum absolute atomic E-state index is 0.265. The van der Waals surface area contributed by atoms with Crippen molar-refractivity contribution in [1.82, 2.24) is 10.2 Å². The minimum Gasteiger partial charge on any atom is -0.465 e. The highest BCUT2D eigenvalue weighted by Gasteiger charge is 2.10. The van der Waals surface area contributed by atoms with Crippen LogP contribution >= 0.6 is 0 Å². The quantitative estimate of drug-likeness (QED) is 0.817. The van der Waals surface area contributed by atoms with Gasteiger partial charge in [0.05, 0.1) is 12.7 Å². The summed E-state index contributed by atoms with van der Waals surface area (Å²) in [5, 5.41) is 5.56. The highest BCUT2D eigenvalue weighted by Crippen LogP contribution is 2.11. The number of hydrogen-bond acceptors (Lipinski definition) is 4. The Morgan fingerprint density at radius 2 is 2.00 bits per heavy atom. The molecule has 0 spiro atoms. The molecule has 1 heterocycles. The fraction of sp³-hybridized carbons (Fsp3) is 0.500. The molecule has 2 N–H and O–H groups in total. The first-order valence-corrected chi connectivity index (χ1v) is 7.64. The van der Waals surface area contributed by atoms with Gasteiger partial charge in [0.25, 0.3) is 0 Å². The molecule has 0 unspecified atom stereocenters. The fourth-order valence-corrected chi connectivity index (χ4v) is 2.53. The summed E-state index contributed by atoms with van der Waals surface area (Å²) in [6, 6.07) is 6.41. The average molecular weight is 305 g/mol. The van der Waals surface area contributed by atoms with Gasteiger partial charge in [0, 0.05) is 18.8 Å². The Hall–Kier alpha value is -2.08. The minimum atomic E-state index is -0.422. The van der Waals surface area contributed by atoms with E-state index < -0.39 is 5.97 Å². The third-order valence-electron chi connectivity index (χ3n) is 3.70. The average Bonchev–Trinajstić information content (AvgIpc) is 2.55. The number of nitrogens with one attached hydrogen (secondary N) is 2. The standard InChI is InChI=1S/C16H23N3O3/c1-22-15(20)13-6-5-7-14(12-13)18-16(21)17-8-11-19-9-3-2-4-10-19/h5-7,12H,2-4,8-11H2,1H3,(H2,17,18,21). The summed E-state index contributed by atoms with van der Waals surface area (Å²) >= 11 is 0. The van der Waals surface area contributed by atoms with E-state index in [1.807, 2.05) is 0 Å². The molecule has 6 nitrogen and oxygen atoms in total. The molecule has 120 valence electrons. The smallest absolute Gasteiger partial charge is 0.337 e. The zero-order valence-electron chi connectivity index (χ0n) is 12.9. The van der Waals surface area contributed by atoms with Crippen LogP contribution in [0.2, 0.25) is 0 Å². The van der Waals surface area contributed by atoms with E-state index in [2.05, 4.69) is 20.3 Å². The molecule has 1 aliphatic rings. The van der Waals surface area contributed by atoms with E-state index in [1.165, 1.54) is 26.4 Å². The van der Waals surface area contributed by atoms with Crippen molar-refractivity contribution < 1.29 is 14.3 Å². The van der Waals surface area contributed by atoms with E-state index in [1.54, 1.807) is 24.3 Å². The number of amides is 2. The molecule has 2 amide bonds. The Morgan fingerprint density at radius 3 is 2.73 bits per heavy atom. The number of piperidine rings is 1. The largest absolute Gasteiger partial charge is 0.465 e. The van der Waals surface area contributed by atoms with Gasteiger partial charge < -0.3 is 20.3 Å². The lowest BCUT2D eigenvalue weighted by molar-refractivity contribution is 0.0600. The van der Waals surface area contributed by atoms with E-state index in [4.69, 9.17) is 0 Å². The van der Waals surface area contributed by atoms with Gasteiger partial charge in [-0.3, -0.25) is 0 Å². The Bertz CT molecular complexity index is 513. The van der Waals surface area contributed by atoms with Crippen molar-refractivity contribution in [2.75, 3.05) is 38.6 Å². The number of likely N-dealkylation sites (tertiary alicyclic amines) is 1. The number of ether oxygens (including phenoxy) is 1. The number of hydrogen-bond donors (Lipinski definition) is 2. The molecule has 0 aromatic heterocycles. The molecule has 0 saturated carbocycles. The summed E-state index contributed by atoms with van der Waals surface area (Å²) in [5.74, 6) is -0.422. The molecule has 1 saturated heterocycles. The molecule has 22 heavy (non-hydrogen) atoms. The third kappa shape index (κ3) is 5.04. The third-order valence-corrected chi connectivity index (χ3v) is 3.70. The molecule has 1 aromatic rings. The van der Waals surface area contributed by atoms with E-state index in [0.717, 1.165) is 19.6 Å². The Balaban J connectivity index is 1.75. The summed E-state index contributed by atoms with van der Waals surface area (Å²) < 4.78 is 4.66. The van der Waals surface area contributed by atoms with Crippen LogP contribution in [-0.2, 0) is 4.74 Å². The molecule has 1 fully saturated rings. The lowest BCUT2D eigenvalue weighted by Crippen LogP contribution is -2.39. The summed E-state index contributed by atoms with van der Waals surface area (Å²) in [6.45, 7) is 3.72. The molecule has 0 aliphatic carbocycles. The van der Waals surface area contributed by atoms with Crippen molar-refractivity contribution in [3.63, 3.8) is 0 Å². The van der Waals surface area contributed by atoms with E-state index in [0.29, 0.717) is 17.8 Å². The number of nitrogens with zero attached hydrogens (tertiary/aromatic N) is 1. The maximum atomic E-state index is 11.8. The van der Waals surface area contributed by atoms with E-state index in [-0.39, 0.29) is 6.03 Å². The number of carbonyl (C=O) groups excluding carboxylic acids is 2. The van der Waals surface area contributed by atoms with Gasteiger partial charge in [-0.05, 0) is 44.1 Å². The molecule has 6 heteroatoms. The van der Waals surface area contributed by atoms with Crippen molar-refractivity contribution in [3.8, 4) is 0 Å². The lowest BCUT2D eigenvalue weighted by Gasteiger charge is -2.26. The van der Waals surface area contributed by atoms with Crippen LogP contribution < -0.4 is 10.6 Å². The van der Waals surface area contributed by atoms with Gasteiger partial charge in [0.1, 0.15) is 0 Å². The van der Waals surface area contributed by atoms with Crippen LogP contribution in [0.15, 0.2) is 24.3 Å². The molecule has 0 radical (unpaired) electrons. The SMILES string of the molecule is COC(=O)c1cccc(NC(=O)NCCN2CCCCC2)c1. The van der Waals surface area contributed by atoms with Crippen LogP contribution in [0, 0.1) is 0 Å². The molecule has 0 atom stereocenters. The van der Waals surface area contributed by atoms with Crippen LogP contribution in [0.25, 0.3) is 0 Å². The number of carbonyl (C=O) groups is 2. The second-order valence-corrected chi connectivity index (χ2v) is 5.36. The number of benzene rings is 1. The van der Waals surface area contributed by atoms with Crippen LogP contribution in [0.5, 0.6) is 0 Å². The van der Waals surface area contributed by atoms with Crippen LogP contribution in [-0.4, -0.2) is 50.2 Å². The van der Waals surface area contributed by atoms with Crippen molar-refractivity contribution in [3.05, 3.63) is 29.8 Å². The summed E-state index contributed by atoms with van der Waals surface area (Å²) in [7, 11) is 1.33. The second kappa shape index (κ2) is 8.38. The first-order valence-electron chi connectivity index (χ1n) is 7.64. The number of rotatable bonds is 5. The molecular formula is C16H23N3O3. The second-order valence-electron chi connectivity index (χ2n) is 5.36. The van der Waals surface area contributed by atoms with Crippen molar-refractivity contribution >= 4 is 17.7 Å². The molecule has 2 rings (SSSR count). The predicted molar refractivity (Wildman–Crippen MR) is 85.1 cm³/mol. The van der Waals surface area contributed by atoms with Crippen molar-refractivity contribution in [2.24, 2.45) is 0 Å². The van der Waals surface area contributed by atoms with E-state index >= 15 is 0 Å². The summed E-state index contributed by atoms with van der Waals surface area (Å²) in [6.07, 6.45) is 3.79. The van der Waals surface area contributed by atoms with Gasteiger partial charge in [-0.1, -0.05) is 12.5 Å². The number of anilines is 1. The number of methoxy groups -OCH3 is 1. The van der Waals surface area contributed by atoms with Crippen LogP contribution in [0.4, 0.5) is 10.5 Å². The van der Waals surface area contributed by atoms with Gasteiger partial charge in [0.2, 0.25) is 0 Å². The first kappa shape index (κ1) is 16.3. The monoisotopic (exact) mass is 305 g/mol. The maximum Gasteiger partial charge on any atom is 0.337 e. The van der Waals surface area contributed by atoms with Gasteiger partial charge in [0.15, 0.2) is 0 Å². The summed E-state index contributed by atoms with van der Waals surface area (Å²) in [4.78, 5) is 25.7. The highest BCUT2D eigenvalue weighted by molar-refractivity contribution is 5.93. The number of esters is 1. The lowest BCUT2D eigenvalue weighted by atomic mass is 10.1. The topological polar surface area (TPSA) is 70.7 Å². The Kier molecular flexibility index (Phi) is 6.21. The predicted octanol–water partition coefficient (Wildman–Crippen LogP) is 2.08. The Morgan fingerprint density at radius 1 is 1.23 bits per heavy atom. The molecular weight excluding hydrogens is 282 g/mol. The normalized spacial score (nSPS) is 15.1. The van der Waals surface area contributed by atoms with Crippen LogP contribution in [0.1, 0.15) is 29.6 Å². The van der Waals surface area contributed by atoms with Crippen molar-refractivity contribution in [2.45, 2.75) is 19.3 Å². The van der Waals surface area contributed by atoms with Gasteiger partial charge in [-0.25, -0.2) is 9.59 Å². The highest BCUT2D eigenvalue weighted by atomic mass is 16.5. The zero-order chi connectivity index (χ0) is 15.8.